The molecule has 164 valence electrons. The van der Waals surface area contributed by atoms with Crippen LogP contribution in [0.15, 0.2) is 60.3 Å². The number of ether oxygens (including phenoxy) is 1. The van der Waals surface area contributed by atoms with Crippen molar-refractivity contribution in [1.29, 1.82) is 0 Å². The average Bonchev–Trinajstić information content (AvgIpc) is 3.03. The van der Waals surface area contributed by atoms with Crippen LogP contribution in [0.2, 0.25) is 0 Å². The van der Waals surface area contributed by atoms with Gasteiger partial charge in [0.15, 0.2) is 0 Å². The number of unbranched alkanes of at least 4 members (excludes halogenated alkanes) is 1. The van der Waals surface area contributed by atoms with Crippen LogP contribution >= 0.6 is 0 Å². The summed E-state index contributed by atoms with van der Waals surface area (Å²) in [6.45, 7) is 6.00. The van der Waals surface area contributed by atoms with Crippen molar-refractivity contribution in [2.75, 3.05) is 31.2 Å². The largest absolute Gasteiger partial charge is 0.381 e. The summed E-state index contributed by atoms with van der Waals surface area (Å²) in [4.78, 5) is 29.8. The first kappa shape index (κ1) is 22.7. The molecule has 1 heterocycles. The summed E-state index contributed by atoms with van der Waals surface area (Å²) >= 11 is 0. The summed E-state index contributed by atoms with van der Waals surface area (Å²) in [7, 11) is 0. The zero-order valence-corrected chi connectivity index (χ0v) is 18.1. The first-order valence-corrected chi connectivity index (χ1v) is 10.8. The molecule has 5 nitrogen and oxygen atoms in total. The van der Waals surface area contributed by atoms with E-state index >= 15 is 0 Å². The van der Waals surface area contributed by atoms with Gasteiger partial charge in [0.1, 0.15) is 11.5 Å². The number of likely N-dealkylation sites (N-methyl/N-ethyl adjacent to an activating group) is 1. The Labute approximate surface area is 183 Å². The number of halogens is 1. The van der Waals surface area contributed by atoms with E-state index in [0.29, 0.717) is 43.0 Å². The molecule has 0 saturated heterocycles. The Morgan fingerprint density at radius 3 is 2.23 bits per heavy atom. The molecule has 1 aliphatic heterocycles. The van der Waals surface area contributed by atoms with Crippen LogP contribution in [0, 0.1) is 5.82 Å². The molecule has 0 bridgehead atoms. The van der Waals surface area contributed by atoms with E-state index < -0.39 is 0 Å². The molecule has 0 fully saturated rings. The SMILES string of the molecule is CCCCOCCCN1C(=O)C(c2ccc(F)cc2)=C(N(CC)c2ccccc2)C1=O. The maximum atomic E-state index is 13.5. The minimum atomic E-state index is -0.390. The summed E-state index contributed by atoms with van der Waals surface area (Å²) in [6, 6.07) is 15.2. The Kier molecular flexibility index (Phi) is 7.95. The third-order valence-electron chi connectivity index (χ3n) is 5.24. The van der Waals surface area contributed by atoms with Crippen LogP contribution in [0.4, 0.5) is 10.1 Å². The number of imide groups is 1. The average molecular weight is 425 g/mol. The number of para-hydroxylation sites is 1. The number of rotatable bonds is 11. The summed E-state index contributed by atoms with van der Waals surface area (Å²) in [6.07, 6.45) is 2.62. The van der Waals surface area contributed by atoms with Gasteiger partial charge in [0.25, 0.3) is 11.8 Å². The van der Waals surface area contributed by atoms with E-state index in [1.807, 2.05) is 42.2 Å². The standard InChI is InChI=1S/C25H29FN2O3/c1-3-5-17-31-18-9-16-28-24(29)22(19-12-14-20(26)15-13-19)23(25(28)30)27(4-2)21-10-7-6-8-11-21/h6-8,10-15H,3-5,9,16-18H2,1-2H3. The predicted molar refractivity (Wildman–Crippen MR) is 120 cm³/mol. The van der Waals surface area contributed by atoms with Crippen LogP contribution in [0.25, 0.3) is 5.57 Å². The first-order chi connectivity index (χ1) is 15.1. The third kappa shape index (κ3) is 5.20. The van der Waals surface area contributed by atoms with Crippen molar-refractivity contribution in [2.24, 2.45) is 0 Å². The number of amides is 2. The molecule has 0 aliphatic carbocycles. The van der Waals surface area contributed by atoms with Gasteiger partial charge < -0.3 is 9.64 Å². The molecule has 2 amide bonds. The smallest absolute Gasteiger partial charge is 0.278 e. The lowest BCUT2D eigenvalue weighted by Crippen LogP contribution is -2.36. The minimum Gasteiger partial charge on any atom is -0.381 e. The van der Waals surface area contributed by atoms with Gasteiger partial charge in [-0.15, -0.1) is 0 Å². The van der Waals surface area contributed by atoms with Gasteiger partial charge in [-0.2, -0.15) is 0 Å². The first-order valence-electron chi connectivity index (χ1n) is 10.8. The molecule has 3 rings (SSSR count). The Balaban J connectivity index is 1.91. The van der Waals surface area contributed by atoms with E-state index in [1.54, 1.807) is 12.1 Å². The lowest BCUT2D eigenvalue weighted by Gasteiger charge is -2.25. The van der Waals surface area contributed by atoms with Crippen LogP contribution in [0.3, 0.4) is 0 Å². The number of carbonyl (C=O) groups is 2. The van der Waals surface area contributed by atoms with E-state index in [1.165, 1.54) is 17.0 Å². The quantitative estimate of drug-likeness (QED) is 0.390. The minimum absolute atomic E-state index is 0.282. The Hall–Kier alpha value is -2.99. The second-order valence-electron chi connectivity index (χ2n) is 7.39. The molecule has 1 aliphatic rings. The maximum absolute atomic E-state index is 13.5. The molecule has 31 heavy (non-hydrogen) atoms. The second-order valence-corrected chi connectivity index (χ2v) is 7.39. The maximum Gasteiger partial charge on any atom is 0.278 e. The molecular weight excluding hydrogens is 395 g/mol. The Bertz CT molecular complexity index is 926. The van der Waals surface area contributed by atoms with Crippen molar-refractivity contribution >= 4 is 23.1 Å². The van der Waals surface area contributed by atoms with Gasteiger partial charge in [-0.1, -0.05) is 43.7 Å². The van der Waals surface area contributed by atoms with Gasteiger partial charge in [0, 0.05) is 32.0 Å². The zero-order chi connectivity index (χ0) is 22.2. The van der Waals surface area contributed by atoms with Crippen molar-refractivity contribution in [1.82, 2.24) is 4.90 Å². The highest BCUT2D eigenvalue weighted by Gasteiger charge is 2.41. The van der Waals surface area contributed by atoms with Crippen LogP contribution in [-0.2, 0) is 14.3 Å². The van der Waals surface area contributed by atoms with Crippen molar-refractivity contribution in [3.05, 3.63) is 71.7 Å². The van der Waals surface area contributed by atoms with E-state index in [9.17, 15) is 14.0 Å². The molecule has 6 heteroatoms. The highest BCUT2D eigenvalue weighted by molar-refractivity contribution is 6.36. The molecule has 0 N–H and O–H groups in total. The molecule has 0 saturated carbocycles. The van der Waals surface area contributed by atoms with Crippen LogP contribution in [-0.4, -0.2) is 43.0 Å². The van der Waals surface area contributed by atoms with E-state index in [0.717, 1.165) is 18.5 Å². The monoisotopic (exact) mass is 424 g/mol. The summed E-state index contributed by atoms with van der Waals surface area (Å²) < 4.78 is 19.1. The van der Waals surface area contributed by atoms with Crippen molar-refractivity contribution in [2.45, 2.75) is 33.1 Å². The van der Waals surface area contributed by atoms with Crippen LogP contribution in [0.1, 0.15) is 38.7 Å². The van der Waals surface area contributed by atoms with Gasteiger partial charge in [0.05, 0.1) is 5.57 Å². The van der Waals surface area contributed by atoms with Crippen LogP contribution in [0.5, 0.6) is 0 Å². The molecular formula is C25H29FN2O3. The van der Waals surface area contributed by atoms with Gasteiger partial charge >= 0.3 is 0 Å². The van der Waals surface area contributed by atoms with Crippen LogP contribution < -0.4 is 4.90 Å². The van der Waals surface area contributed by atoms with Crippen molar-refractivity contribution < 1.29 is 18.7 Å². The molecule has 0 unspecified atom stereocenters. The predicted octanol–water partition coefficient (Wildman–Crippen LogP) is 4.64. The summed E-state index contributed by atoms with van der Waals surface area (Å²) in [5.41, 5.74) is 2.00. The normalized spacial score (nSPS) is 14.0. The zero-order valence-electron chi connectivity index (χ0n) is 18.1. The Morgan fingerprint density at radius 1 is 0.903 bits per heavy atom. The molecule has 0 atom stereocenters. The summed E-state index contributed by atoms with van der Waals surface area (Å²) in [5.74, 6) is -1.07. The number of anilines is 1. The highest BCUT2D eigenvalue weighted by atomic mass is 19.1. The number of nitrogens with zero attached hydrogens (tertiary/aromatic N) is 2. The van der Waals surface area contributed by atoms with E-state index in [4.69, 9.17) is 4.74 Å². The molecule has 2 aromatic carbocycles. The van der Waals surface area contributed by atoms with E-state index in [-0.39, 0.29) is 24.2 Å². The highest BCUT2D eigenvalue weighted by Crippen LogP contribution is 2.34. The number of carbonyl (C=O) groups excluding carboxylic acids is 2. The second kappa shape index (κ2) is 10.9. The fourth-order valence-corrected chi connectivity index (χ4v) is 3.64. The number of hydrogen-bond donors (Lipinski definition) is 0. The Morgan fingerprint density at radius 2 is 1.58 bits per heavy atom. The van der Waals surface area contributed by atoms with Crippen molar-refractivity contribution in [3.63, 3.8) is 0 Å². The fourth-order valence-electron chi connectivity index (χ4n) is 3.64. The van der Waals surface area contributed by atoms with Crippen molar-refractivity contribution in [3.8, 4) is 0 Å². The lowest BCUT2D eigenvalue weighted by molar-refractivity contribution is -0.137. The number of benzene rings is 2. The molecule has 2 aromatic rings. The van der Waals surface area contributed by atoms with Gasteiger partial charge in [-0.05, 0) is 49.6 Å². The fraction of sp³-hybridized carbons (Fsp3) is 0.360. The topological polar surface area (TPSA) is 49.9 Å². The summed E-state index contributed by atoms with van der Waals surface area (Å²) in [5, 5.41) is 0. The van der Waals surface area contributed by atoms with Gasteiger partial charge in [-0.3, -0.25) is 14.5 Å². The molecule has 0 aromatic heterocycles. The van der Waals surface area contributed by atoms with E-state index in [2.05, 4.69) is 6.92 Å². The number of hydrogen-bond acceptors (Lipinski definition) is 4. The molecule has 0 radical (unpaired) electrons. The molecule has 0 spiro atoms. The van der Waals surface area contributed by atoms with Gasteiger partial charge in [-0.25, -0.2) is 4.39 Å². The lowest BCUT2D eigenvalue weighted by atomic mass is 10.0. The van der Waals surface area contributed by atoms with Gasteiger partial charge in [0.2, 0.25) is 0 Å². The third-order valence-corrected chi connectivity index (χ3v) is 5.24.